The highest BCUT2D eigenvalue weighted by molar-refractivity contribution is 5.87. The van der Waals surface area contributed by atoms with Crippen LogP contribution in [0.1, 0.15) is 25.3 Å². The average Bonchev–Trinajstić information content (AvgIpc) is 2.95. The Hall–Kier alpha value is -2.25. The van der Waals surface area contributed by atoms with Gasteiger partial charge in [-0.25, -0.2) is 4.79 Å². The fraction of sp³-hybridized carbons (Fsp3) is 0.467. The Morgan fingerprint density at radius 1 is 1.35 bits per heavy atom. The van der Waals surface area contributed by atoms with Crippen molar-refractivity contribution >= 4 is 11.9 Å². The normalized spacial score (nSPS) is 19.5. The largest absolute Gasteiger partial charge is 0.480 e. The third kappa shape index (κ3) is 3.75. The summed E-state index contributed by atoms with van der Waals surface area (Å²) in [7, 11) is 0. The van der Waals surface area contributed by atoms with Crippen LogP contribution < -0.4 is 4.74 Å². The highest BCUT2D eigenvalue weighted by atomic mass is 19.4. The number of aliphatic carboxylic acids is 1. The van der Waals surface area contributed by atoms with Crippen molar-refractivity contribution in [1.82, 2.24) is 4.90 Å². The van der Waals surface area contributed by atoms with Crippen molar-refractivity contribution in [2.24, 2.45) is 0 Å². The molecule has 1 aromatic rings. The Kier molecular flexibility index (Phi) is 4.82. The van der Waals surface area contributed by atoms with Gasteiger partial charge in [0, 0.05) is 6.54 Å². The number of ether oxygens (including phenoxy) is 1. The minimum atomic E-state index is -4.60. The molecule has 1 N–H and O–H groups in total. The molecule has 0 aliphatic carbocycles. The van der Waals surface area contributed by atoms with Crippen LogP contribution in [0.2, 0.25) is 0 Å². The van der Waals surface area contributed by atoms with E-state index in [1.807, 2.05) is 0 Å². The first-order valence-corrected chi connectivity index (χ1v) is 7.08. The summed E-state index contributed by atoms with van der Waals surface area (Å²) in [6.07, 6.45) is -4.95. The van der Waals surface area contributed by atoms with E-state index in [9.17, 15) is 22.8 Å². The molecule has 2 atom stereocenters. The van der Waals surface area contributed by atoms with Crippen molar-refractivity contribution in [3.8, 4) is 5.75 Å². The summed E-state index contributed by atoms with van der Waals surface area (Å²) in [5, 5.41) is 9.07. The minimum Gasteiger partial charge on any atom is -0.480 e. The lowest BCUT2D eigenvalue weighted by Crippen LogP contribution is -2.46. The van der Waals surface area contributed by atoms with E-state index in [2.05, 4.69) is 0 Å². The quantitative estimate of drug-likeness (QED) is 0.921. The lowest BCUT2D eigenvalue weighted by molar-refractivity contribution is -0.151. The van der Waals surface area contributed by atoms with Gasteiger partial charge in [-0.15, -0.1) is 0 Å². The van der Waals surface area contributed by atoms with Crippen LogP contribution in [0.4, 0.5) is 13.2 Å². The van der Waals surface area contributed by atoms with Gasteiger partial charge in [0.05, 0.1) is 5.56 Å². The Balaban J connectivity index is 2.15. The van der Waals surface area contributed by atoms with Crippen molar-refractivity contribution in [3.05, 3.63) is 29.8 Å². The molecule has 8 heteroatoms. The lowest BCUT2D eigenvalue weighted by atomic mass is 10.2. The summed E-state index contributed by atoms with van der Waals surface area (Å²) in [5.74, 6) is -2.21. The molecule has 1 aliphatic heterocycles. The molecule has 2 unspecified atom stereocenters. The van der Waals surface area contributed by atoms with Gasteiger partial charge in [-0.2, -0.15) is 13.2 Å². The van der Waals surface area contributed by atoms with Crippen LogP contribution >= 0.6 is 0 Å². The van der Waals surface area contributed by atoms with Crippen molar-refractivity contribution in [2.75, 3.05) is 6.54 Å². The molecular weight excluding hydrogens is 315 g/mol. The number of carboxylic acid groups (broad SMARTS) is 1. The monoisotopic (exact) mass is 331 g/mol. The molecule has 1 aliphatic rings. The van der Waals surface area contributed by atoms with E-state index < -0.39 is 41.5 Å². The van der Waals surface area contributed by atoms with Gasteiger partial charge in [0.25, 0.3) is 5.91 Å². The maximum atomic E-state index is 12.9. The summed E-state index contributed by atoms with van der Waals surface area (Å²) in [6, 6.07) is 3.64. The maximum Gasteiger partial charge on any atom is 0.419 e. The first-order chi connectivity index (χ1) is 10.7. The SMILES string of the molecule is CC(Oc1ccccc1C(F)(F)F)C(=O)N1CCCC1C(=O)O. The summed E-state index contributed by atoms with van der Waals surface area (Å²) in [6.45, 7) is 1.57. The molecule has 0 saturated carbocycles. The average molecular weight is 331 g/mol. The smallest absolute Gasteiger partial charge is 0.419 e. The van der Waals surface area contributed by atoms with Crippen molar-refractivity contribution < 1.29 is 32.6 Å². The van der Waals surface area contributed by atoms with E-state index in [1.165, 1.54) is 19.1 Å². The molecular formula is C15H16F3NO4. The Morgan fingerprint density at radius 3 is 2.61 bits per heavy atom. The molecule has 23 heavy (non-hydrogen) atoms. The zero-order valence-corrected chi connectivity index (χ0v) is 12.3. The van der Waals surface area contributed by atoms with Gasteiger partial charge in [-0.3, -0.25) is 4.79 Å². The number of hydrogen-bond donors (Lipinski definition) is 1. The van der Waals surface area contributed by atoms with Crippen LogP contribution in [0.5, 0.6) is 5.75 Å². The van der Waals surface area contributed by atoms with Crippen molar-refractivity contribution in [2.45, 2.75) is 38.1 Å². The van der Waals surface area contributed by atoms with Gasteiger partial charge in [-0.1, -0.05) is 12.1 Å². The zero-order valence-electron chi connectivity index (χ0n) is 12.3. The van der Waals surface area contributed by atoms with Crippen molar-refractivity contribution in [3.63, 3.8) is 0 Å². The molecule has 1 amide bonds. The second-order valence-electron chi connectivity index (χ2n) is 5.28. The molecule has 1 aromatic carbocycles. The maximum absolute atomic E-state index is 12.9. The highest BCUT2D eigenvalue weighted by Gasteiger charge is 2.38. The molecule has 0 bridgehead atoms. The number of carboxylic acids is 1. The van der Waals surface area contributed by atoms with E-state index in [-0.39, 0.29) is 6.54 Å². The molecule has 2 rings (SSSR count). The Bertz CT molecular complexity index is 603. The first-order valence-electron chi connectivity index (χ1n) is 7.08. The molecule has 0 radical (unpaired) electrons. The number of alkyl halides is 3. The van der Waals surface area contributed by atoms with E-state index >= 15 is 0 Å². The van der Waals surface area contributed by atoms with Crippen LogP contribution in [0, 0.1) is 0 Å². The number of nitrogens with zero attached hydrogens (tertiary/aromatic N) is 1. The first kappa shape index (κ1) is 17.1. The van der Waals surface area contributed by atoms with Crippen LogP contribution in [0.3, 0.4) is 0 Å². The van der Waals surface area contributed by atoms with Gasteiger partial charge in [0.2, 0.25) is 0 Å². The number of likely N-dealkylation sites (tertiary alicyclic amines) is 1. The standard InChI is InChI=1S/C15H16F3NO4/c1-9(13(20)19-8-4-6-11(19)14(21)22)23-12-7-3-2-5-10(12)15(16,17)18/h2-3,5,7,9,11H,4,6,8H2,1H3,(H,21,22). The van der Waals surface area contributed by atoms with Crippen LogP contribution in [-0.2, 0) is 15.8 Å². The number of hydrogen-bond acceptors (Lipinski definition) is 3. The van der Waals surface area contributed by atoms with Crippen LogP contribution in [0.25, 0.3) is 0 Å². The van der Waals surface area contributed by atoms with Gasteiger partial charge in [0.1, 0.15) is 11.8 Å². The van der Waals surface area contributed by atoms with E-state index in [0.717, 1.165) is 17.0 Å². The molecule has 0 aromatic heterocycles. The van der Waals surface area contributed by atoms with E-state index in [1.54, 1.807) is 0 Å². The van der Waals surface area contributed by atoms with Gasteiger partial charge in [0.15, 0.2) is 6.10 Å². The number of para-hydroxylation sites is 1. The topological polar surface area (TPSA) is 66.8 Å². The van der Waals surface area contributed by atoms with Crippen molar-refractivity contribution in [1.29, 1.82) is 0 Å². The molecule has 126 valence electrons. The van der Waals surface area contributed by atoms with Crippen LogP contribution in [-0.4, -0.2) is 40.6 Å². The number of carbonyl (C=O) groups excluding carboxylic acids is 1. The zero-order chi connectivity index (χ0) is 17.2. The molecule has 5 nitrogen and oxygen atoms in total. The Morgan fingerprint density at radius 2 is 2.00 bits per heavy atom. The van der Waals surface area contributed by atoms with Crippen LogP contribution in [0.15, 0.2) is 24.3 Å². The summed E-state index contributed by atoms with van der Waals surface area (Å²) in [5.41, 5.74) is -0.976. The number of carbonyl (C=O) groups is 2. The predicted octanol–water partition coefficient (Wildman–Crippen LogP) is 2.55. The molecule has 1 fully saturated rings. The molecule has 1 heterocycles. The fourth-order valence-electron chi connectivity index (χ4n) is 2.57. The predicted molar refractivity (Wildman–Crippen MR) is 73.9 cm³/mol. The summed E-state index contributed by atoms with van der Waals surface area (Å²) >= 11 is 0. The highest BCUT2D eigenvalue weighted by Crippen LogP contribution is 2.36. The van der Waals surface area contributed by atoms with Gasteiger partial charge in [-0.05, 0) is 31.9 Å². The fourth-order valence-corrected chi connectivity index (χ4v) is 2.57. The number of halogens is 3. The Labute approximate surface area is 130 Å². The molecule has 0 spiro atoms. The van der Waals surface area contributed by atoms with E-state index in [4.69, 9.17) is 9.84 Å². The summed E-state index contributed by atoms with van der Waals surface area (Å²) in [4.78, 5) is 24.5. The van der Waals surface area contributed by atoms with Gasteiger partial charge >= 0.3 is 12.1 Å². The second-order valence-corrected chi connectivity index (χ2v) is 5.28. The number of benzene rings is 1. The third-order valence-electron chi connectivity index (χ3n) is 3.66. The number of rotatable bonds is 4. The third-order valence-corrected chi connectivity index (χ3v) is 3.66. The summed E-state index contributed by atoms with van der Waals surface area (Å²) < 4.78 is 43.9. The second kappa shape index (κ2) is 6.47. The van der Waals surface area contributed by atoms with Gasteiger partial charge < -0.3 is 14.7 Å². The number of amides is 1. The van der Waals surface area contributed by atoms with E-state index in [0.29, 0.717) is 12.8 Å². The lowest BCUT2D eigenvalue weighted by Gasteiger charge is -2.26. The minimum absolute atomic E-state index is 0.254. The molecule has 1 saturated heterocycles.